The van der Waals surface area contributed by atoms with Crippen molar-refractivity contribution in [3.05, 3.63) is 29.3 Å². The summed E-state index contributed by atoms with van der Waals surface area (Å²) in [6.45, 7) is 4.26. The van der Waals surface area contributed by atoms with Gasteiger partial charge in [0.15, 0.2) is 0 Å². The molecule has 0 aliphatic carbocycles. The Morgan fingerprint density at radius 3 is 2.00 bits per heavy atom. The van der Waals surface area contributed by atoms with Gasteiger partial charge in [-0.2, -0.15) is 0 Å². The molecule has 0 unspecified atom stereocenters. The molecule has 0 aliphatic heterocycles. The molecule has 1 aromatic rings. The molecular weight excluding hydrogens is 161 g/mol. The zero-order valence-corrected chi connectivity index (χ0v) is 7.72. The van der Waals surface area contributed by atoms with E-state index >= 15 is 0 Å². The minimum Gasteiger partial charge on any atom is -1.00 e. The Hall–Kier alpha value is -0.388. The molecule has 58 valence electrons. The van der Waals surface area contributed by atoms with Gasteiger partial charge < -0.3 is 9.41 Å². The average Bonchev–Trinajstić information content (AvgIpc) is 1.83. The summed E-state index contributed by atoms with van der Waals surface area (Å²) < 4.78 is 1.30. The monoisotopic (exact) mass is 170 g/mol. The van der Waals surface area contributed by atoms with Crippen LogP contribution >= 0.6 is 0 Å². The number of halogens is 2. The van der Waals surface area contributed by atoms with E-state index in [1.54, 1.807) is 0 Å². The predicted octanol–water partition coefficient (Wildman–Crippen LogP) is -4.89. The quantitative estimate of drug-likeness (QED) is 0.342. The number of hydrogen-bond acceptors (Lipinski definition) is 0. The first kappa shape index (κ1) is 13.2. The second-order valence-electron chi connectivity index (χ2n) is 2.29. The molecule has 0 saturated heterocycles. The third-order valence-corrected chi connectivity index (χ3v) is 2.27. The zero-order chi connectivity index (χ0) is 6.85. The maximum atomic E-state index is 2.72. The average molecular weight is 170 g/mol. The fourth-order valence-electron chi connectivity index (χ4n) is 0.774. The predicted molar refractivity (Wildman–Crippen MR) is 41.3 cm³/mol. The van der Waals surface area contributed by atoms with E-state index in [0.717, 1.165) is 0 Å². The summed E-state index contributed by atoms with van der Waals surface area (Å²) in [5.74, 6) is 0. The van der Waals surface area contributed by atoms with E-state index in [2.05, 4.69) is 48.3 Å². The molecule has 1 aromatic carbocycles. The van der Waals surface area contributed by atoms with Crippen LogP contribution in [0.3, 0.4) is 0 Å². The van der Waals surface area contributed by atoms with Gasteiger partial charge in [0.05, 0.1) is 0 Å². The van der Waals surface area contributed by atoms with Crippen LogP contribution in [0, 0.1) is 13.8 Å². The molecule has 0 aromatic heterocycles. The first-order valence-corrected chi connectivity index (χ1v) is 3.61. The Balaban J connectivity index is 0. The molecule has 0 atom stereocenters. The minimum atomic E-state index is 0. The largest absolute Gasteiger partial charge is 1.00 e. The molecule has 0 heterocycles. The zero-order valence-electron chi connectivity index (χ0n) is 6.57. The van der Waals surface area contributed by atoms with Crippen LogP contribution in [0.15, 0.2) is 18.2 Å². The summed E-state index contributed by atoms with van der Waals surface area (Å²) in [6.07, 6.45) is 0. The maximum Gasteiger partial charge on any atom is -1.00 e. The Morgan fingerprint density at radius 1 is 1.09 bits per heavy atom. The van der Waals surface area contributed by atoms with Crippen molar-refractivity contribution in [1.29, 1.82) is 0 Å². The summed E-state index contributed by atoms with van der Waals surface area (Å²) in [6, 6.07) is 6.31. The van der Waals surface area contributed by atoms with Crippen LogP contribution in [-0.2, 0) is 0 Å². The smallest absolute Gasteiger partial charge is 1.00 e. The van der Waals surface area contributed by atoms with Gasteiger partial charge in [0.25, 0.3) is 0 Å². The van der Waals surface area contributed by atoms with Gasteiger partial charge in [-0.15, -0.1) is 0 Å². The van der Waals surface area contributed by atoms with Crippen LogP contribution in [-0.4, -0.2) is 16.3 Å². The van der Waals surface area contributed by atoms with Crippen LogP contribution in [0.2, 0.25) is 0 Å². The van der Waals surface area contributed by atoms with E-state index in [9.17, 15) is 0 Å². The van der Waals surface area contributed by atoms with Crippen molar-refractivity contribution in [2.45, 2.75) is 13.8 Å². The molecule has 3 heteroatoms. The molecule has 1 rings (SSSR count). The maximum absolute atomic E-state index is 2.72. The number of benzene rings is 1. The SMILES string of the molecule is Cc1ccc[c]([Al+2])c1C.[F-].[F-]. The fourth-order valence-corrected chi connectivity index (χ4v) is 1.11. The van der Waals surface area contributed by atoms with Crippen LogP contribution in [0.1, 0.15) is 11.1 Å². The molecule has 0 N–H and O–H groups in total. The number of aryl methyl sites for hydroxylation is 1. The molecular formula is C8H9AlF2. The minimum absolute atomic E-state index is 0. The Morgan fingerprint density at radius 2 is 1.64 bits per heavy atom. The molecule has 0 nitrogen and oxygen atoms in total. The van der Waals surface area contributed by atoms with Gasteiger partial charge >= 0.3 is 63.9 Å². The number of hydrogen-bond donors (Lipinski definition) is 0. The van der Waals surface area contributed by atoms with Crippen LogP contribution in [0.5, 0.6) is 0 Å². The second kappa shape index (κ2) is 5.29. The summed E-state index contributed by atoms with van der Waals surface area (Å²) in [5, 5.41) is 0. The summed E-state index contributed by atoms with van der Waals surface area (Å²) in [5.41, 5.74) is 2.74. The van der Waals surface area contributed by atoms with Gasteiger partial charge in [0, 0.05) is 0 Å². The van der Waals surface area contributed by atoms with Crippen LogP contribution < -0.4 is 13.8 Å². The fraction of sp³-hybridized carbons (Fsp3) is 0.250. The van der Waals surface area contributed by atoms with Crippen molar-refractivity contribution in [1.82, 2.24) is 0 Å². The summed E-state index contributed by atoms with van der Waals surface area (Å²) >= 11 is 2.72. The molecule has 0 saturated carbocycles. The Kier molecular flexibility index (Phi) is 6.35. The topological polar surface area (TPSA) is 0 Å². The van der Waals surface area contributed by atoms with Crippen molar-refractivity contribution in [3.63, 3.8) is 0 Å². The second-order valence-corrected chi connectivity index (χ2v) is 2.91. The van der Waals surface area contributed by atoms with E-state index in [-0.39, 0.29) is 9.41 Å². The molecule has 0 radical (unpaired) electrons. The van der Waals surface area contributed by atoms with Gasteiger partial charge in [-0.25, -0.2) is 0 Å². The van der Waals surface area contributed by atoms with E-state index in [1.807, 2.05) is 0 Å². The third-order valence-electron chi connectivity index (χ3n) is 1.65. The van der Waals surface area contributed by atoms with Gasteiger partial charge in [-0.3, -0.25) is 0 Å². The molecule has 0 aliphatic rings. The van der Waals surface area contributed by atoms with Gasteiger partial charge in [-0.1, -0.05) is 0 Å². The van der Waals surface area contributed by atoms with Crippen molar-refractivity contribution in [2.75, 3.05) is 0 Å². The first-order valence-electron chi connectivity index (χ1n) is 3.03. The van der Waals surface area contributed by atoms with Gasteiger partial charge in [0.2, 0.25) is 0 Å². The molecule has 0 fully saturated rings. The van der Waals surface area contributed by atoms with Crippen LogP contribution in [0.25, 0.3) is 0 Å². The van der Waals surface area contributed by atoms with E-state index in [1.165, 1.54) is 15.6 Å². The standard InChI is InChI=1S/C8H9.Al.2FH/c1-7-5-3-4-6-8(7)2;;;/h3-5H,1-2H3;;2*1H/q;+2;;/p-2. The molecule has 0 bridgehead atoms. The molecule has 0 amide bonds. The normalized spacial score (nSPS) is 8.00. The Bertz CT molecular complexity index is 203. The molecule has 0 spiro atoms. The van der Waals surface area contributed by atoms with Crippen molar-refractivity contribution in [2.24, 2.45) is 0 Å². The van der Waals surface area contributed by atoms with Crippen molar-refractivity contribution in [3.8, 4) is 0 Å². The first-order chi connectivity index (χ1) is 4.22. The third kappa shape index (κ3) is 3.01. The summed E-state index contributed by atoms with van der Waals surface area (Å²) in [4.78, 5) is 0. The van der Waals surface area contributed by atoms with Gasteiger partial charge in [0.1, 0.15) is 0 Å². The number of rotatable bonds is 0. The van der Waals surface area contributed by atoms with E-state index in [0.29, 0.717) is 0 Å². The van der Waals surface area contributed by atoms with Crippen molar-refractivity contribution >= 4 is 20.7 Å². The Labute approximate surface area is 73.8 Å². The van der Waals surface area contributed by atoms with Crippen molar-refractivity contribution < 1.29 is 9.41 Å². The van der Waals surface area contributed by atoms with E-state index < -0.39 is 0 Å². The molecule has 11 heavy (non-hydrogen) atoms. The van der Waals surface area contributed by atoms with Crippen LogP contribution in [0.4, 0.5) is 0 Å². The van der Waals surface area contributed by atoms with E-state index in [4.69, 9.17) is 0 Å². The van der Waals surface area contributed by atoms with Gasteiger partial charge in [-0.05, 0) is 0 Å². The summed E-state index contributed by atoms with van der Waals surface area (Å²) in [7, 11) is 0.